The summed E-state index contributed by atoms with van der Waals surface area (Å²) >= 11 is 6.07. The first-order valence-electron chi connectivity index (χ1n) is 6.65. The molecule has 2 amide bonds. The molecule has 1 aromatic carbocycles. The molecule has 2 rings (SSSR count). The van der Waals surface area contributed by atoms with Crippen molar-refractivity contribution in [2.75, 3.05) is 25.5 Å². The summed E-state index contributed by atoms with van der Waals surface area (Å²) < 4.78 is 0. The maximum atomic E-state index is 12.2. The fourth-order valence-electron chi connectivity index (χ4n) is 2.22. The van der Waals surface area contributed by atoms with Gasteiger partial charge in [-0.2, -0.15) is 0 Å². The Morgan fingerprint density at radius 2 is 2.20 bits per heavy atom. The number of nitrogens with one attached hydrogen (secondary N) is 3. The summed E-state index contributed by atoms with van der Waals surface area (Å²) in [6.07, 6.45) is 1.86. The number of halogens is 1. The van der Waals surface area contributed by atoms with Crippen LogP contribution in [-0.2, 0) is 4.79 Å². The van der Waals surface area contributed by atoms with Gasteiger partial charge in [0.05, 0.1) is 16.6 Å². The monoisotopic (exact) mass is 295 g/mol. The zero-order valence-corrected chi connectivity index (χ0v) is 12.1. The number of piperidine rings is 1. The summed E-state index contributed by atoms with van der Waals surface area (Å²) in [7, 11) is 1.56. The van der Waals surface area contributed by atoms with E-state index in [-0.39, 0.29) is 17.7 Å². The molecule has 6 heteroatoms. The van der Waals surface area contributed by atoms with Crippen molar-refractivity contribution in [3.05, 3.63) is 28.8 Å². The van der Waals surface area contributed by atoms with Crippen molar-refractivity contribution in [2.45, 2.75) is 12.8 Å². The second-order valence-corrected chi connectivity index (χ2v) is 5.21. The summed E-state index contributed by atoms with van der Waals surface area (Å²) in [6.45, 7) is 1.63. The van der Waals surface area contributed by atoms with Crippen LogP contribution in [0.4, 0.5) is 5.69 Å². The summed E-state index contributed by atoms with van der Waals surface area (Å²) in [5.74, 6) is -0.326. The van der Waals surface area contributed by atoms with E-state index in [1.807, 2.05) is 0 Å². The molecular weight excluding hydrogens is 278 g/mol. The van der Waals surface area contributed by atoms with Crippen molar-refractivity contribution >= 4 is 29.1 Å². The van der Waals surface area contributed by atoms with Crippen LogP contribution in [0.5, 0.6) is 0 Å². The van der Waals surface area contributed by atoms with Crippen molar-refractivity contribution in [1.82, 2.24) is 10.6 Å². The van der Waals surface area contributed by atoms with Gasteiger partial charge in [-0.05, 0) is 37.6 Å². The molecule has 3 N–H and O–H groups in total. The van der Waals surface area contributed by atoms with Gasteiger partial charge >= 0.3 is 0 Å². The van der Waals surface area contributed by atoms with Crippen LogP contribution < -0.4 is 16.0 Å². The molecule has 0 spiro atoms. The Labute approximate surface area is 123 Å². The first-order valence-corrected chi connectivity index (χ1v) is 7.03. The second-order valence-electron chi connectivity index (χ2n) is 4.81. The number of rotatable bonds is 3. The Bertz CT molecular complexity index is 513. The molecule has 5 nitrogen and oxygen atoms in total. The van der Waals surface area contributed by atoms with Crippen LogP contribution in [0.25, 0.3) is 0 Å². The standard InChI is InChI=1S/C14H18ClN3O2/c1-16-13(19)9-4-5-11(15)12(7-9)18-14(20)10-3-2-6-17-8-10/h4-5,7,10,17H,2-3,6,8H2,1H3,(H,16,19)(H,18,20). The molecule has 108 valence electrons. The van der Waals surface area contributed by atoms with Crippen LogP contribution in [-0.4, -0.2) is 32.0 Å². The van der Waals surface area contributed by atoms with Crippen molar-refractivity contribution in [2.24, 2.45) is 5.92 Å². The van der Waals surface area contributed by atoms with Crippen molar-refractivity contribution in [1.29, 1.82) is 0 Å². The van der Waals surface area contributed by atoms with E-state index in [9.17, 15) is 9.59 Å². The highest BCUT2D eigenvalue weighted by Gasteiger charge is 2.21. The Morgan fingerprint density at radius 3 is 2.85 bits per heavy atom. The maximum absolute atomic E-state index is 12.2. The third kappa shape index (κ3) is 3.49. The minimum absolute atomic E-state index is 0.0523. The third-order valence-electron chi connectivity index (χ3n) is 3.38. The average Bonchev–Trinajstić information content (AvgIpc) is 2.49. The molecule has 0 bridgehead atoms. The van der Waals surface area contributed by atoms with E-state index in [4.69, 9.17) is 11.6 Å². The highest BCUT2D eigenvalue weighted by Crippen LogP contribution is 2.24. The SMILES string of the molecule is CNC(=O)c1ccc(Cl)c(NC(=O)C2CCCNC2)c1. The minimum atomic E-state index is -0.212. The molecule has 1 fully saturated rings. The first-order chi connectivity index (χ1) is 9.61. The van der Waals surface area contributed by atoms with E-state index in [0.717, 1.165) is 19.4 Å². The topological polar surface area (TPSA) is 70.2 Å². The van der Waals surface area contributed by atoms with Gasteiger partial charge in [0.25, 0.3) is 5.91 Å². The van der Waals surface area contributed by atoms with Crippen molar-refractivity contribution < 1.29 is 9.59 Å². The molecule has 1 aliphatic rings. The van der Waals surface area contributed by atoms with Gasteiger partial charge in [-0.15, -0.1) is 0 Å². The lowest BCUT2D eigenvalue weighted by Gasteiger charge is -2.22. The Kier molecular flexibility index (Phi) is 4.98. The summed E-state index contributed by atoms with van der Waals surface area (Å²) in [5, 5.41) is 8.97. The number of carbonyl (C=O) groups excluding carboxylic acids is 2. The van der Waals surface area contributed by atoms with Gasteiger partial charge in [-0.25, -0.2) is 0 Å². The highest BCUT2D eigenvalue weighted by molar-refractivity contribution is 6.33. The quantitative estimate of drug-likeness (QED) is 0.794. The predicted molar refractivity (Wildman–Crippen MR) is 79.1 cm³/mol. The highest BCUT2D eigenvalue weighted by atomic mass is 35.5. The Hall–Kier alpha value is -1.59. The van der Waals surface area contributed by atoms with Gasteiger partial charge in [-0.1, -0.05) is 11.6 Å². The molecular formula is C14H18ClN3O2. The molecule has 0 aliphatic carbocycles. The predicted octanol–water partition coefficient (Wildman–Crippen LogP) is 1.64. The molecule has 0 aromatic heterocycles. The van der Waals surface area contributed by atoms with Crippen LogP contribution >= 0.6 is 11.6 Å². The number of benzene rings is 1. The van der Waals surface area contributed by atoms with Crippen LogP contribution in [0.3, 0.4) is 0 Å². The molecule has 0 saturated carbocycles. The molecule has 1 atom stereocenters. The van der Waals surface area contributed by atoms with Crippen molar-refractivity contribution in [3.8, 4) is 0 Å². The van der Waals surface area contributed by atoms with E-state index in [1.54, 1.807) is 25.2 Å². The summed E-state index contributed by atoms with van der Waals surface area (Å²) in [5.41, 5.74) is 0.942. The number of amides is 2. The van der Waals surface area contributed by atoms with Gasteiger partial charge in [0.2, 0.25) is 5.91 Å². The van der Waals surface area contributed by atoms with Gasteiger partial charge in [0, 0.05) is 19.2 Å². The number of carbonyl (C=O) groups is 2. The lowest BCUT2D eigenvalue weighted by atomic mass is 9.98. The van der Waals surface area contributed by atoms with Gasteiger partial charge in [0.1, 0.15) is 0 Å². The Morgan fingerprint density at radius 1 is 1.40 bits per heavy atom. The zero-order valence-electron chi connectivity index (χ0n) is 11.3. The van der Waals surface area contributed by atoms with Crippen LogP contribution in [0.15, 0.2) is 18.2 Å². The average molecular weight is 296 g/mol. The maximum Gasteiger partial charge on any atom is 0.251 e. The van der Waals surface area contributed by atoms with Crippen LogP contribution in [0.2, 0.25) is 5.02 Å². The summed E-state index contributed by atoms with van der Waals surface area (Å²) in [6, 6.07) is 4.83. The minimum Gasteiger partial charge on any atom is -0.355 e. The Balaban J connectivity index is 2.11. The molecule has 1 aliphatic heterocycles. The molecule has 0 radical (unpaired) electrons. The third-order valence-corrected chi connectivity index (χ3v) is 3.71. The van der Waals surface area contributed by atoms with Crippen molar-refractivity contribution in [3.63, 3.8) is 0 Å². The van der Waals surface area contributed by atoms with E-state index < -0.39 is 0 Å². The van der Waals surface area contributed by atoms with E-state index in [1.165, 1.54) is 0 Å². The van der Waals surface area contributed by atoms with E-state index in [2.05, 4.69) is 16.0 Å². The number of anilines is 1. The van der Waals surface area contributed by atoms with E-state index in [0.29, 0.717) is 22.8 Å². The lowest BCUT2D eigenvalue weighted by molar-refractivity contribution is -0.120. The number of hydrogen-bond acceptors (Lipinski definition) is 3. The second kappa shape index (κ2) is 6.72. The smallest absolute Gasteiger partial charge is 0.251 e. The molecule has 1 aromatic rings. The van der Waals surface area contributed by atoms with Gasteiger partial charge < -0.3 is 16.0 Å². The molecule has 1 heterocycles. The first kappa shape index (κ1) is 14.8. The van der Waals surface area contributed by atoms with Gasteiger partial charge in [-0.3, -0.25) is 9.59 Å². The van der Waals surface area contributed by atoms with Crippen LogP contribution in [0, 0.1) is 5.92 Å². The largest absolute Gasteiger partial charge is 0.355 e. The lowest BCUT2D eigenvalue weighted by Crippen LogP contribution is -2.37. The van der Waals surface area contributed by atoms with E-state index >= 15 is 0 Å². The number of hydrogen-bond donors (Lipinski definition) is 3. The molecule has 1 unspecified atom stereocenters. The molecule has 1 saturated heterocycles. The normalized spacial score (nSPS) is 18.4. The fraction of sp³-hybridized carbons (Fsp3) is 0.429. The van der Waals surface area contributed by atoms with Crippen LogP contribution in [0.1, 0.15) is 23.2 Å². The zero-order chi connectivity index (χ0) is 14.5. The van der Waals surface area contributed by atoms with Gasteiger partial charge in [0.15, 0.2) is 0 Å². The fourth-order valence-corrected chi connectivity index (χ4v) is 2.38. The molecule has 20 heavy (non-hydrogen) atoms. The summed E-state index contributed by atoms with van der Waals surface area (Å²) in [4.78, 5) is 23.7.